The number of nitrogens with zero attached hydrogens (tertiary/aromatic N) is 1. The molecule has 5 nitrogen and oxygen atoms in total. The first-order valence-electron chi connectivity index (χ1n) is 9.48. The molecule has 2 N–H and O–H groups in total. The molecule has 0 heterocycles. The Morgan fingerprint density at radius 2 is 1.38 bits per heavy atom. The molecule has 5 heteroatoms. The maximum Gasteiger partial charge on any atom is 0.255 e. The topological polar surface area (TPSA) is 61.4 Å². The smallest absolute Gasteiger partial charge is 0.255 e. The first kappa shape index (κ1) is 20.3. The molecule has 0 atom stereocenters. The van der Waals surface area contributed by atoms with Crippen molar-refractivity contribution in [1.29, 1.82) is 0 Å². The minimum absolute atomic E-state index is 0.134. The van der Waals surface area contributed by atoms with E-state index < -0.39 is 0 Å². The summed E-state index contributed by atoms with van der Waals surface area (Å²) in [6.45, 7) is 1.13. The van der Waals surface area contributed by atoms with Crippen LogP contribution in [-0.2, 0) is 13.1 Å². The first-order chi connectivity index (χ1) is 14.0. The lowest BCUT2D eigenvalue weighted by Gasteiger charge is -2.11. The van der Waals surface area contributed by atoms with E-state index in [1.165, 1.54) is 0 Å². The summed E-state index contributed by atoms with van der Waals surface area (Å²) >= 11 is 0. The van der Waals surface area contributed by atoms with Gasteiger partial charge in [0.05, 0.1) is 0 Å². The molecule has 0 radical (unpaired) electrons. The second-order valence-corrected chi connectivity index (χ2v) is 7.14. The number of carbonyl (C=O) groups excluding carboxylic acids is 2. The second-order valence-electron chi connectivity index (χ2n) is 7.14. The highest BCUT2D eigenvalue weighted by Crippen LogP contribution is 2.11. The molecule has 0 saturated carbocycles. The number of hydrogen-bond acceptors (Lipinski definition) is 3. The van der Waals surface area contributed by atoms with Gasteiger partial charge in [-0.1, -0.05) is 42.5 Å². The molecule has 0 aliphatic carbocycles. The Hall–Kier alpha value is -3.44. The van der Waals surface area contributed by atoms with Gasteiger partial charge in [0, 0.05) is 29.9 Å². The second kappa shape index (κ2) is 9.66. The van der Waals surface area contributed by atoms with Crippen LogP contribution in [0.1, 0.15) is 31.8 Å². The molecule has 0 aromatic heterocycles. The van der Waals surface area contributed by atoms with Crippen LogP contribution in [0.3, 0.4) is 0 Å². The Morgan fingerprint density at radius 3 is 2.07 bits per heavy atom. The van der Waals surface area contributed by atoms with Crippen LogP contribution in [0.15, 0.2) is 78.9 Å². The van der Waals surface area contributed by atoms with E-state index in [0.717, 1.165) is 23.4 Å². The standard InChI is InChI=1S/C24H25N3O2/c1-27(2)17-19-9-7-10-20(15-19)23(28)25-16-18-8-6-11-21(14-18)24(29)26-22-12-4-3-5-13-22/h3-15H,16-17H2,1-2H3,(H,25,28)(H,26,29). The van der Waals surface area contributed by atoms with Crippen molar-refractivity contribution in [3.8, 4) is 0 Å². The highest BCUT2D eigenvalue weighted by atomic mass is 16.2. The van der Waals surface area contributed by atoms with Gasteiger partial charge in [0.15, 0.2) is 0 Å². The summed E-state index contributed by atoms with van der Waals surface area (Å²) in [5.41, 5.74) is 3.87. The molecule has 29 heavy (non-hydrogen) atoms. The molecular weight excluding hydrogens is 362 g/mol. The molecule has 0 aliphatic rings. The minimum Gasteiger partial charge on any atom is -0.348 e. The van der Waals surface area contributed by atoms with Crippen LogP contribution in [0, 0.1) is 0 Å². The molecule has 3 aromatic carbocycles. The lowest BCUT2D eigenvalue weighted by Crippen LogP contribution is -2.23. The van der Waals surface area contributed by atoms with Crippen LogP contribution in [0.2, 0.25) is 0 Å². The van der Waals surface area contributed by atoms with Crippen LogP contribution in [0.4, 0.5) is 5.69 Å². The summed E-state index contributed by atoms with van der Waals surface area (Å²) in [6.07, 6.45) is 0. The van der Waals surface area contributed by atoms with E-state index >= 15 is 0 Å². The fourth-order valence-electron chi connectivity index (χ4n) is 3.01. The molecular formula is C24H25N3O2. The summed E-state index contributed by atoms with van der Waals surface area (Å²) in [5.74, 6) is -0.314. The van der Waals surface area contributed by atoms with E-state index in [4.69, 9.17) is 0 Å². The lowest BCUT2D eigenvalue weighted by molar-refractivity contribution is 0.0950. The fraction of sp³-hybridized carbons (Fsp3) is 0.167. The Kier molecular flexibility index (Phi) is 6.76. The van der Waals surface area contributed by atoms with Crippen LogP contribution >= 0.6 is 0 Å². The third-order valence-corrected chi connectivity index (χ3v) is 4.36. The van der Waals surface area contributed by atoms with Gasteiger partial charge < -0.3 is 15.5 Å². The average molecular weight is 387 g/mol. The highest BCUT2D eigenvalue weighted by molar-refractivity contribution is 6.04. The maximum absolute atomic E-state index is 12.5. The van der Waals surface area contributed by atoms with Crippen LogP contribution in [-0.4, -0.2) is 30.8 Å². The third-order valence-electron chi connectivity index (χ3n) is 4.36. The van der Waals surface area contributed by atoms with Crippen molar-refractivity contribution in [2.45, 2.75) is 13.1 Å². The zero-order valence-electron chi connectivity index (χ0n) is 16.7. The molecule has 3 rings (SSSR count). The summed E-state index contributed by atoms with van der Waals surface area (Å²) in [5, 5.41) is 5.80. The van der Waals surface area contributed by atoms with Crippen LogP contribution < -0.4 is 10.6 Å². The lowest BCUT2D eigenvalue weighted by atomic mass is 10.1. The van der Waals surface area contributed by atoms with Crippen molar-refractivity contribution in [3.05, 3.63) is 101 Å². The molecule has 0 unspecified atom stereocenters. The van der Waals surface area contributed by atoms with Gasteiger partial charge in [-0.3, -0.25) is 9.59 Å². The van der Waals surface area contributed by atoms with Gasteiger partial charge in [0.1, 0.15) is 0 Å². The van der Waals surface area contributed by atoms with E-state index in [1.54, 1.807) is 18.2 Å². The average Bonchev–Trinajstić information content (AvgIpc) is 2.72. The van der Waals surface area contributed by atoms with Crippen molar-refractivity contribution in [3.63, 3.8) is 0 Å². The van der Waals surface area contributed by atoms with Crippen molar-refractivity contribution >= 4 is 17.5 Å². The van der Waals surface area contributed by atoms with Crippen LogP contribution in [0.25, 0.3) is 0 Å². The zero-order valence-corrected chi connectivity index (χ0v) is 16.7. The Bertz CT molecular complexity index is 984. The number of benzene rings is 3. The number of para-hydroxylation sites is 1. The Morgan fingerprint density at radius 1 is 0.759 bits per heavy atom. The Balaban J connectivity index is 1.62. The summed E-state index contributed by atoms with van der Waals surface area (Å²) in [6, 6.07) is 24.2. The monoisotopic (exact) mass is 387 g/mol. The zero-order chi connectivity index (χ0) is 20.6. The van der Waals surface area contributed by atoms with Crippen LogP contribution in [0.5, 0.6) is 0 Å². The van der Waals surface area contributed by atoms with Gasteiger partial charge in [-0.2, -0.15) is 0 Å². The number of hydrogen-bond donors (Lipinski definition) is 2. The van der Waals surface area contributed by atoms with Crippen molar-refractivity contribution in [1.82, 2.24) is 10.2 Å². The SMILES string of the molecule is CN(C)Cc1cccc(C(=O)NCc2cccc(C(=O)Nc3ccccc3)c2)c1. The number of anilines is 1. The number of nitrogens with one attached hydrogen (secondary N) is 2. The summed E-state index contributed by atoms with van der Waals surface area (Å²) in [7, 11) is 3.99. The van der Waals surface area contributed by atoms with Gasteiger partial charge in [0.25, 0.3) is 11.8 Å². The van der Waals surface area contributed by atoms with Gasteiger partial charge >= 0.3 is 0 Å². The molecule has 2 amide bonds. The number of amides is 2. The van der Waals surface area contributed by atoms with E-state index in [2.05, 4.69) is 15.5 Å². The highest BCUT2D eigenvalue weighted by Gasteiger charge is 2.09. The van der Waals surface area contributed by atoms with E-state index in [9.17, 15) is 9.59 Å². The molecule has 0 bridgehead atoms. The predicted molar refractivity (Wildman–Crippen MR) is 116 cm³/mol. The molecule has 0 fully saturated rings. The predicted octanol–water partition coefficient (Wildman–Crippen LogP) is 3.93. The van der Waals surface area contributed by atoms with Gasteiger partial charge in [-0.15, -0.1) is 0 Å². The number of carbonyl (C=O) groups is 2. The van der Waals surface area contributed by atoms with Crippen molar-refractivity contribution in [2.24, 2.45) is 0 Å². The Labute approximate surface area is 171 Å². The summed E-state index contributed by atoms with van der Waals surface area (Å²) < 4.78 is 0. The molecule has 148 valence electrons. The van der Waals surface area contributed by atoms with E-state index in [0.29, 0.717) is 17.7 Å². The van der Waals surface area contributed by atoms with E-state index in [-0.39, 0.29) is 11.8 Å². The fourth-order valence-corrected chi connectivity index (χ4v) is 3.01. The molecule has 0 saturated heterocycles. The van der Waals surface area contributed by atoms with Gasteiger partial charge in [-0.25, -0.2) is 0 Å². The first-order valence-corrected chi connectivity index (χ1v) is 9.48. The normalized spacial score (nSPS) is 10.6. The van der Waals surface area contributed by atoms with Crippen molar-refractivity contribution < 1.29 is 9.59 Å². The minimum atomic E-state index is -0.180. The van der Waals surface area contributed by atoms with Crippen molar-refractivity contribution in [2.75, 3.05) is 19.4 Å². The summed E-state index contributed by atoms with van der Waals surface area (Å²) in [4.78, 5) is 27.0. The number of rotatable bonds is 7. The quantitative estimate of drug-likeness (QED) is 0.646. The maximum atomic E-state index is 12.5. The van der Waals surface area contributed by atoms with E-state index in [1.807, 2.05) is 74.8 Å². The molecule has 3 aromatic rings. The molecule has 0 spiro atoms. The largest absolute Gasteiger partial charge is 0.348 e. The third kappa shape index (κ3) is 6.02. The van der Waals surface area contributed by atoms with Gasteiger partial charge in [-0.05, 0) is 61.6 Å². The van der Waals surface area contributed by atoms with Gasteiger partial charge in [0.2, 0.25) is 0 Å². The molecule has 0 aliphatic heterocycles.